The standard InChI is InChI=1S/C13H11BrN2O3S/c1-8-4-9(2-3-12(8)16(18)19)13(17)15-6-11-5-10(14)7-20-11/h2-5,7H,6H2,1H3,(H,15,17). The molecule has 2 rings (SSSR count). The quantitative estimate of drug-likeness (QED) is 0.672. The first-order valence-electron chi connectivity index (χ1n) is 5.73. The number of rotatable bonds is 4. The molecule has 1 heterocycles. The van der Waals surface area contributed by atoms with Gasteiger partial charge in [-0.1, -0.05) is 0 Å². The zero-order valence-electron chi connectivity index (χ0n) is 10.6. The van der Waals surface area contributed by atoms with Gasteiger partial charge >= 0.3 is 0 Å². The predicted octanol–water partition coefficient (Wildman–Crippen LogP) is 3.66. The average molecular weight is 355 g/mol. The molecular weight excluding hydrogens is 344 g/mol. The highest BCUT2D eigenvalue weighted by atomic mass is 79.9. The van der Waals surface area contributed by atoms with Gasteiger partial charge in [0.05, 0.1) is 11.5 Å². The third-order valence-electron chi connectivity index (χ3n) is 2.70. The topological polar surface area (TPSA) is 72.2 Å². The molecule has 0 spiro atoms. The number of benzene rings is 1. The molecule has 0 radical (unpaired) electrons. The number of nitrogens with one attached hydrogen (secondary N) is 1. The Labute approximate surface area is 127 Å². The molecule has 7 heteroatoms. The van der Waals surface area contributed by atoms with Crippen LogP contribution in [0, 0.1) is 17.0 Å². The van der Waals surface area contributed by atoms with E-state index in [2.05, 4.69) is 21.2 Å². The number of nitrogens with zero attached hydrogens (tertiary/aromatic N) is 1. The molecular formula is C13H11BrN2O3S. The van der Waals surface area contributed by atoms with E-state index in [4.69, 9.17) is 0 Å². The molecule has 1 aromatic heterocycles. The summed E-state index contributed by atoms with van der Waals surface area (Å²) in [6, 6.07) is 6.28. The SMILES string of the molecule is Cc1cc(C(=O)NCc2cc(Br)cs2)ccc1[N+](=O)[O-]. The van der Waals surface area contributed by atoms with Gasteiger partial charge < -0.3 is 5.32 Å². The van der Waals surface area contributed by atoms with Crippen LogP contribution in [0.15, 0.2) is 34.1 Å². The molecule has 1 N–H and O–H groups in total. The third kappa shape index (κ3) is 3.43. The summed E-state index contributed by atoms with van der Waals surface area (Å²) in [5.41, 5.74) is 0.911. The first-order valence-corrected chi connectivity index (χ1v) is 7.41. The zero-order valence-corrected chi connectivity index (χ0v) is 13.0. The van der Waals surface area contributed by atoms with Crippen LogP contribution < -0.4 is 5.32 Å². The Balaban J connectivity index is 2.06. The summed E-state index contributed by atoms with van der Waals surface area (Å²) in [6.45, 7) is 2.05. The van der Waals surface area contributed by atoms with Crippen LogP contribution >= 0.6 is 27.3 Å². The van der Waals surface area contributed by atoms with E-state index in [1.54, 1.807) is 18.3 Å². The van der Waals surface area contributed by atoms with E-state index in [0.29, 0.717) is 17.7 Å². The first-order chi connectivity index (χ1) is 9.47. The van der Waals surface area contributed by atoms with Gasteiger partial charge in [-0.05, 0) is 41.1 Å². The average Bonchev–Trinajstić information content (AvgIpc) is 2.81. The second-order valence-corrected chi connectivity index (χ2v) is 6.08. The van der Waals surface area contributed by atoms with Crippen LogP contribution in [0.1, 0.15) is 20.8 Å². The van der Waals surface area contributed by atoms with E-state index < -0.39 is 4.92 Å². The number of nitro groups is 1. The van der Waals surface area contributed by atoms with Crippen LogP contribution in [-0.2, 0) is 6.54 Å². The number of carbonyl (C=O) groups is 1. The summed E-state index contributed by atoms with van der Waals surface area (Å²) in [4.78, 5) is 23.3. The fourth-order valence-corrected chi connectivity index (χ4v) is 3.11. The van der Waals surface area contributed by atoms with Gasteiger partial charge in [0, 0.05) is 31.9 Å². The number of halogens is 1. The van der Waals surface area contributed by atoms with Crippen molar-refractivity contribution in [3.63, 3.8) is 0 Å². The summed E-state index contributed by atoms with van der Waals surface area (Å²) < 4.78 is 0.984. The van der Waals surface area contributed by atoms with E-state index in [9.17, 15) is 14.9 Å². The molecule has 20 heavy (non-hydrogen) atoms. The van der Waals surface area contributed by atoms with Crippen LogP contribution in [0.25, 0.3) is 0 Å². The first kappa shape index (κ1) is 14.7. The van der Waals surface area contributed by atoms with Crippen molar-refractivity contribution < 1.29 is 9.72 Å². The van der Waals surface area contributed by atoms with Crippen LogP contribution in [0.2, 0.25) is 0 Å². The zero-order chi connectivity index (χ0) is 14.7. The Bertz CT molecular complexity index is 669. The number of nitro benzene ring substituents is 1. The van der Waals surface area contributed by atoms with Crippen molar-refractivity contribution in [3.8, 4) is 0 Å². The highest BCUT2D eigenvalue weighted by Gasteiger charge is 2.13. The fraction of sp³-hybridized carbons (Fsp3) is 0.154. The van der Waals surface area contributed by atoms with Crippen molar-refractivity contribution in [3.05, 3.63) is 60.2 Å². The highest BCUT2D eigenvalue weighted by molar-refractivity contribution is 9.10. The van der Waals surface area contributed by atoms with Gasteiger partial charge in [-0.15, -0.1) is 11.3 Å². The van der Waals surface area contributed by atoms with Gasteiger partial charge in [-0.2, -0.15) is 0 Å². The molecule has 0 fully saturated rings. The number of amides is 1. The molecule has 0 bridgehead atoms. The molecule has 0 saturated carbocycles. The van der Waals surface area contributed by atoms with Gasteiger partial charge in [0.1, 0.15) is 0 Å². The molecule has 104 valence electrons. The fourth-order valence-electron chi connectivity index (χ4n) is 1.72. The van der Waals surface area contributed by atoms with E-state index in [1.165, 1.54) is 18.2 Å². The lowest BCUT2D eigenvalue weighted by Crippen LogP contribution is -2.22. The van der Waals surface area contributed by atoms with E-state index >= 15 is 0 Å². The largest absolute Gasteiger partial charge is 0.347 e. The molecule has 0 aliphatic heterocycles. The van der Waals surface area contributed by atoms with Crippen molar-refractivity contribution in [2.75, 3.05) is 0 Å². The van der Waals surface area contributed by atoms with Crippen molar-refractivity contribution in [1.29, 1.82) is 0 Å². The van der Waals surface area contributed by atoms with Crippen LogP contribution in [0.5, 0.6) is 0 Å². The maximum absolute atomic E-state index is 12.0. The van der Waals surface area contributed by atoms with Crippen molar-refractivity contribution in [2.45, 2.75) is 13.5 Å². The van der Waals surface area contributed by atoms with Crippen LogP contribution in [0.3, 0.4) is 0 Å². The minimum absolute atomic E-state index is 0.0173. The van der Waals surface area contributed by atoms with Gasteiger partial charge in [0.25, 0.3) is 11.6 Å². The Morgan fingerprint density at radius 2 is 2.20 bits per heavy atom. The second-order valence-electron chi connectivity index (χ2n) is 4.17. The summed E-state index contributed by atoms with van der Waals surface area (Å²) in [5.74, 6) is -0.243. The normalized spacial score (nSPS) is 10.3. The van der Waals surface area contributed by atoms with Gasteiger partial charge in [-0.3, -0.25) is 14.9 Å². The molecule has 0 unspecified atom stereocenters. The molecule has 0 atom stereocenters. The van der Waals surface area contributed by atoms with E-state index in [1.807, 2.05) is 11.4 Å². The Morgan fingerprint density at radius 3 is 2.75 bits per heavy atom. The number of hydrogen-bond donors (Lipinski definition) is 1. The van der Waals surface area contributed by atoms with Gasteiger partial charge in [0.15, 0.2) is 0 Å². The maximum Gasteiger partial charge on any atom is 0.272 e. The molecule has 0 aliphatic carbocycles. The van der Waals surface area contributed by atoms with Crippen LogP contribution in [0.4, 0.5) is 5.69 Å². The van der Waals surface area contributed by atoms with Crippen LogP contribution in [-0.4, -0.2) is 10.8 Å². The lowest BCUT2D eigenvalue weighted by molar-refractivity contribution is -0.385. The Morgan fingerprint density at radius 1 is 1.45 bits per heavy atom. The van der Waals surface area contributed by atoms with Crippen molar-refractivity contribution >= 4 is 38.9 Å². The third-order valence-corrected chi connectivity index (χ3v) is 4.40. The molecule has 1 aromatic carbocycles. The number of aryl methyl sites for hydroxylation is 1. The minimum Gasteiger partial charge on any atom is -0.347 e. The highest BCUT2D eigenvalue weighted by Crippen LogP contribution is 2.20. The molecule has 5 nitrogen and oxygen atoms in total. The predicted molar refractivity (Wildman–Crippen MR) is 81.0 cm³/mol. The molecule has 0 saturated heterocycles. The van der Waals surface area contributed by atoms with Crippen molar-refractivity contribution in [2.24, 2.45) is 0 Å². The number of hydrogen-bond acceptors (Lipinski definition) is 4. The van der Waals surface area contributed by atoms with Crippen molar-refractivity contribution in [1.82, 2.24) is 5.32 Å². The van der Waals surface area contributed by atoms with E-state index in [0.717, 1.165) is 9.35 Å². The summed E-state index contributed by atoms with van der Waals surface area (Å²) in [7, 11) is 0. The second kappa shape index (κ2) is 6.15. The molecule has 1 amide bonds. The summed E-state index contributed by atoms with van der Waals surface area (Å²) in [6.07, 6.45) is 0. The minimum atomic E-state index is -0.458. The number of thiophene rings is 1. The summed E-state index contributed by atoms with van der Waals surface area (Å²) in [5, 5.41) is 15.4. The Hall–Kier alpha value is -1.73. The van der Waals surface area contributed by atoms with Gasteiger partial charge in [0.2, 0.25) is 0 Å². The monoisotopic (exact) mass is 354 g/mol. The lowest BCUT2D eigenvalue weighted by Gasteiger charge is -2.05. The lowest BCUT2D eigenvalue weighted by atomic mass is 10.1. The van der Waals surface area contributed by atoms with E-state index in [-0.39, 0.29) is 11.6 Å². The molecule has 0 aliphatic rings. The van der Waals surface area contributed by atoms with Gasteiger partial charge in [-0.25, -0.2) is 0 Å². The Kier molecular flexibility index (Phi) is 4.51. The number of carbonyl (C=O) groups excluding carboxylic acids is 1. The maximum atomic E-state index is 12.0. The summed E-state index contributed by atoms with van der Waals surface area (Å²) >= 11 is 4.89. The smallest absolute Gasteiger partial charge is 0.272 e. The molecule has 2 aromatic rings.